The number of halogens is 1. The van der Waals surface area contributed by atoms with Gasteiger partial charge in [-0.1, -0.05) is 11.6 Å². The number of nitro benzene ring substituents is 1. The third kappa shape index (κ3) is 3.36. The summed E-state index contributed by atoms with van der Waals surface area (Å²) in [5.74, 6) is 0. The number of piperidine rings is 1. The molecular formula is C13H18ClN3O2. The monoisotopic (exact) mass is 283 g/mol. The van der Waals surface area contributed by atoms with Gasteiger partial charge in [0.25, 0.3) is 5.69 Å². The van der Waals surface area contributed by atoms with Crippen LogP contribution in [0.25, 0.3) is 0 Å². The first-order chi connectivity index (χ1) is 8.97. The van der Waals surface area contributed by atoms with E-state index < -0.39 is 4.92 Å². The van der Waals surface area contributed by atoms with Crippen LogP contribution in [-0.2, 0) is 0 Å². The van der Waals surface area contributed by atoms with Gasteiger partial charge >= 0.3 is 0 Å². The minimum absolute atomic E-state index is 0.0385. The number of hydrogen-bond acceptors (Lipinski definition) is 4. The molecule has 1 aliphatic heterocycles. The van der Waals surface area contributed by atoms with Gasteiger partial charge in [-0.15, -0.1) is 0 Å². The quantitative estimate of drug-likeness (QED) is 0.661. The first-order valence-electron chi connectivity index (χ1n) is 6.42. The van der Waals surface area contributed by atoms with E-state index in [0.29, 0.717) is 12.1 Å². The maximum absolute atomic E-state index is 10.8. The molecule has 1 aromatic carbocycles. The summed E-state index contributed by atoms with van der Waals surface area (Å²) in [6.45, 7) is 5.00. The number of anilines is 1. The molecule has 0 bridgehead atoms. The molecule has 0 saturated carbocycles. The van der Waals surface area contributed by atoms with Crippen molar-refractivity contribution in [2.75, 3.05) is 11.9 Å². The first-order valence-corrected chi connectivity index (χ1v) is 6.79. The average molecular weight is 284 g/mol. The Bertz CT molecular complexity index is 493. The molecule has 1 heterocycles. The van der Waals surface area contributed by atoms with E-state index in [0.717, 1.165) is 30.6 Å². The Kier molecular flexibility index (Phi) is 4.27. The predicted octanol–water partition coefficient (Wildman–Crippen LogP) is 3.11. The summed E-state index contributed by atoms with van der Waals surface area (Å²) in [5.41, 5.74) is 1.69. The van der Waals surface area contributed by atoms with Crippen molar-refractivity contribution in [2.24, 2.45) is 0 Å². The van der Waals surface area contributed by atoms with Crippen molar-refractivity contribution in [1.82, 2.24) is 5.32 Å². The predicted molar refractivity (Wildman–Crippen MR) is 77.0 cm³/mol. The fourth-order valence-electron chi connectivity index (χ4n) is 2.44. The Morgan fingerprint density at radius 3 is 2.89 bits per heavy atom. The number of nitrogens with one attached hydrogen (secondary N) is 2. The fraction of sp³-hybridized carbons (Fsp3) is 0.538. The molecule has 2 unspecified atom stereocenters. The summed E-state index contributed by atoms with van der Waals surface area (Å²) in [6.07, 6.45) is 2.08. The van der Waals surface area contributed by atoms with Crippen LogP contribution in [0.4, 0.5) is 11.4 Å². The molecule has 1 aromatic rings. The highest BCUT2D eigenvalue weighted by Gasteiger charge is 2.20. The number of nitro groups is 1. The summed E-state index contributed by atoms with van der Waals surface area (Å²) >= 11 is 5.95. The molecule has 0 aromatic heterocycles. The van der Waals surface area contributed by atoms with Crippen LogP contribution in [0.2, 0.25) is 5.02 Å². The lowest BCUT2D eigenvalue weighted by Crippen LogP contribution is -2.41. The molecule has 2 atom stereocenters. The van der Waals surface area contributed by atoms with Crippen molar-refractivity contribution in [2.45, 2.75) is 38.8 Å². The first kappa shape index (κ1) is 14.1. The Hall–Kier alpha value is -1.33. The van der Waals surface area contributed by atoms with E-state index >= 15 is 0 Å². The van der Waals surface area contributed by atoms with Gasteiger partial charge in [-0.2, -0.15) is 0 Å². The van der Waals surface area contributed by atoms with E-state index in [2.05, 4.69) is 17.6 Å². The molecule has 2 N–H and O–H groups in total. The highest BCUT2D eigenvalue weighted by atomic mass is 35.5. The van der Waals surface area contributed by atoms with Gasteiger partial charge in [0.15, 0.2) is 0 Å². The largest absolute Gasteiger partial charge is 0.382 e. The molecule has 0 aliphatic carbocycles. The number of rotatable bonds is 3. The van der Waals surface area contributed by atoms with Crippen LogP contribution >= 0.6 is 11.6 Å². The maximum Gasteiger partial charge on any atom is 0.288 e. The molecular weight excluding hydrogens is 266 g/mol. The minimum Gasteiger partial charge on any atom is -0.382 e. The third-order valence-electron chi connectivity index (χ3n) is 3.47. The molecule has 1 fully saturated rings. The molecule has 0 radical (unpaired) electrons. The van der Waals surface area contributed by atoms with Gasteiger partial charge < -0.3 is 10.6 Å². The van der Waals surface area contributed by atoms with Gasteiger partial charge in [0, 0.05) is 23.8 Å². The second kappa shape index (κ2) is 5.75. The molecule has 5 nitrogen and oxygen atoms in total. The summed E-state index contributed by atoms with van der Waals surface area (Å²) in [6, 6.07) is 4.05. The smallest absolute Gasteiger partial charge is 0.288 e. The van der Waals surface area contributed by atoms with Crippen LogP contribution in [0, 0.1) is 17.0 Å². The molecule has 2 rings (SSSR count). The van der Waals surface area contributed by atoms with E-state index in [1.54, 1.807) is 6.07 Å². The molecule has 0 amide bonds. The number of hydrogen-bond donors (Lipinski definition) is 2. The Balaban J connectivity index is 2.16. The van der Waals surface area contributed by atoms with E-state index in [4.69, 9.17) is 11.6 Å². The molecule has 19 heavy (non-hydrogen) atoms. The van der Waals surface area contributed by atoms with Crippen LogP contribution < -0.4 is 10.6 Å². The second-order valence-corrected chi connectivity index (χ2v) is 5.50. The van der Waals surface area contributed by atoms with Crippen molar-refractivity contribution < 1.29 is 4.92 Å². The average Bonchev–Trinajstić information content (AvgIpc) is 2.33. The third-order valence-corrected chi connectivity index (χ3v) is 3.78. The van der Waals surface area contributed by atoms with Crippen molar-refractivity contribution >= 4 is 23.0 Å². The zero-order valence-corrected chi connectivity index (χ0v) is 11.8. The fourth-order valence-corrected chi connectivity index (χ4v) is 2.68. The van der Waals surface area contributed by atoms with Crippen molar-refractivity contribution in [3.8, 4) is 0 Å². The van der Waals surface area contributed by atoms with Crippen LogP contribution in [0.1, 0.15) is 25.3 Å². The Morgan fingerprint density at radius 1 is 1.53 bits per heavy atom. The Labute approximate surface area is 117 Å². The number of benzene rings is 1. The number of nitrogens with zero attached hydrogens (tertiary/aromatic N) is 1. The van der Waals surface area contributed by atoms with Crippen LogP contribution in [0.3, 0.4) is 0 Å². The lowest BCUT2D eigenvalue weighted by molar-refractivity contribution is -0.384. The summed E-state index contributed by atoms with van der Waals surface area (Å²) in [5, 5.41) is 17.8. The maximum atomic E-state index is 10.8. The molecule has 1 saturated heterocycles. The zero-order chi connectivity index (χ0) is 14.0. The van der Waals surface area contributed by atoms with Crippen molar-refractivity contribution in [3.05, 3.63) is 32.8 Å². The minimum atomic E-state index is -0.453. The van der Waals surface area contributed by atoms with E-state index in [9.17, 15) is 10.1 Å². The lowest BCUT2D eigenvalue weighted by Gasteiger charge is -2.30. The second-order valence-electron chi connectivity index (χ2n) is 5.10. The van der Waals surface area contributed by atoms with Crippen molar-refractivity contribution in [3.63, 3.8) is 0 Å². The molecule has 104 valence electrons. The highest BCUT2D eigenvalue weighted by molar-refractivity contribution is 6.33. The van der Waals surface area contributed by atoms with Gasteiger partial charge in [0.2, 0.25) is 0 Å². The van der Waals surface area contributed by atoms with E-state index in [-0.39, 0.29) is 10.7 Å². The van der Waals surface area contributed by atoms with Crippen LogP contribution in [0.5, 0.6) is 0 Å². The van der Waals surface area contributed by atoms with E-state index in [1.165, 1.54) is 6.07 Å². The van der Waals surface area contributed by atoms with Gasteiger partial charge in [-0.05, 0) is 44.9 Å². The normalized spacial score (nSPS) is 23.1. The van der Waals surface area contributed by atoms with Gasteiger partial charge in [-0.3, -0.25) is 10.1 Å². The Morgan fingerprint density at radius 2 is 2.26 bits per heavy atom. The summed E-state index contributed by atoms with van der Waals surface area (Å²) in [7, 11) is 0. The van der Waals surface area contributed by atoms with Gasteiger partial charge in [-0.25, -0.2) is 0 Å². The van der Waals surface area contributed by atoms with Crippen LogP contribution in [-0.4, -0.2) is 23.6 Å². The van der Waals surface area contributed by atoms with Gasteiger partial charge in [0.1, 0.15) is 5.02 Å². The standard InChI is InChI=1S/C13H18ClN3O2/c1-8-5-13(17(18)19)11(14)7-12(8)16-10-3-4-15-9(2)6-10/h5,7,9-10,15-16H,3-4,6H2,1-2H3. The SMILES string of the molecule is Cc1cc([N+](=O)[O-])c(Cl)cc1NC1CCNC(C)C1. The lowest BCUT2D eigenvalue weighted by atomic mass is 10.00. The number of aryl methyl sites for hydroxylation is 1. The van der Waals surface area contributed by atoms with E-state index in [1.807, 2.05) is 6.92 Å². The molecule has 1 aliphatic rings. The van der Waals surface area contributed by atoms with Gasteiger partial charge in [0.05, 0.1) is 4.92 Å². The summed E-state index contributed by atoms with van der Waals surface area (Å²) in [4.78, 5) is 10.4. The van der Waals surface area contributed by atoms with Crippen LogP contribution in [0.15, 0.2) is 12.1 Å². The summed E-state index contributed by atoms with van der Waals surface area (Å²) < 4.78 is 0. The zero-order valence-electron chi connectivity index (χ0n) is 11.1. The molecule has 6 heteroatoms. The molecule has 0 spiro atoms. The van der Waals surface area contributed by atoms with Crippen molar-refractivity contribution in [1.29, 1.82) is 0 Å². The topological polar surface area (TPSA) is 67.2 Å². The highest BCUT2D eigenvalue weighted by Crippen LogP contribution is 2.31.